The normalized spacial score (nSPS) is 13.7. The smallest absolute Gasteiger partial charge is 0.0431 e. The summed E-state index contributed by atoms with van der Waals surface area (Å²) in [5.74, 6) is 0. The van der Waals surface area contributed by atoms with Crippen molar-refractivity contribution < 1.29 is 30.0 Å². The van der Waals surface area contributed by atoms with E-state index < -0.39 is 12.3 Å². The highest BCUT2D eigenvalue weighted by Crippen LogP contribution is 2.15. The molecule has 0 aromatic rings. The third-order valence-electron chi connectivity index (χ3n) is 1.50. The van der Waals surface area contributed by atoms with Gasteiger partial charge in [-0.25, -0.2) is 0 Å². The Morgan fingerprint density at radius 2 is 0.643 bits per heavy atom. The fourth-order valence-electron chi connectivity index (χ4n) is 1.06. The maximum absolute atomic E-state index is 8.33. The van der Waals surface area contributed by atoms with Crippen molar-refractivity contribution in [3.63, 3.8) is 0 Å². The largest absolute Gasteiger partial charge is 0.652 e. The molecule has 14 heavy (non-hydrogen) atoms. The molecule has 0 spiro atoms. The predicted octanol–water partition coefficient (Wildman–Crippen LogP) is -2.55. The summed E-state index contributed by atoms with van der Waals surface area (Å²) in [6.45, 7) is 0. The minimum absolute atomic E-state index is 1.50. The monoisotopic (exact) mass is 204 g/mol. The molecule has 0 aliphatic heterocycles. The second kappa shape index (κ2) is 11.5. The zero-order valence-electron chi connectivity index (χ0n) is 7.69. The van der Waals surface area contributed by atoms with Crippen molar-refractivity contribution in [2.45, 2.75) is 38.5 Å². The molecule has 0 atom stereocenters. The summed E-state index contributed by atoms with van der Waals surface area (Å²) in [6.07, 6.45) is 4.33. The summed E-state index contributed by atoms with van der Waals surface area (Å²) in [5, 5.41) is 33.3. The first kappa shape index (κ1) is 15.0. The van der Waals surface area contributed by atoms with Gasteiger partial charge in [0.1, 0.15) is 0 Å². The van der Waals surface area contributed by atoms with E-state index in [1.54, 1.807) is 0 Å². The van der Waals surface area contributed by atoms with Gasteiger partial charge >= 0.3 is 0 Å². The van der Waals surface area contributed by atoms with Crippen molar-refractivity contribution in [3.8, 4) is 0 Å². The van der Waals surface area contributed by atoms with Crippen LogP contribution in [0.15, 0.2) is 0 Å². The lowest BCUT2D eigenvalue weighted by Crippen LogP contribution is -2.37. The summed E-state index contributed by atoms with van der Waals surface area (Å²) in [4.78, 5) is 16.7. The lowest BCUT2D eigenvalue weighted by molar-refractivity contribution is -0.417. The lowest BCUT2D eigenvalue weighted by Gasteiger charge is -2.05. The molecule has 0 unspecified atom stereocenters. The quantitative estimate of drug-likeness (QED) is 0.427. The molecule has 0 aromatic carbocycles. The van der Waals surface area contributed by atoms with Crippen molar-refractivity contribution in [2.24, 2.45) is 0 Å². The molecule has 6 heteroatoms. The van der Waals surface area contributed by atoms with Crippen LogP contribution in [0.2, 0.25) is 0 Å². The number of rotatable bonds is 0. The number of hydrogen-bond acceptors (Lipinski definition) is 6. The molecule has 6 nitrogen and oxygen atoms in total. The summed E-state index contributed by atoms with van der Waals surface area (Å²) in [5.41, 5.74) is 0. The first-order valence-corrected chi connectivity index (χ1v) is 4.22. The molecule has 1 aliphatic carbocycles. The lowest BCUT2D eigenvalue weighted by atomic mass is 10.0. The Bertz CT molecular complexity index is 120. The topological polar surface area (TPSA) is 126 Å². The van der Waals surface area contributed by atoms with Crippen LogP contribution >= 0.6 is 0 Å². The molecular formula is C8H12O6-4. The van der Waals surface area contributed by atoms with Gasteiger partial charge in [0.25, 0.3) is 0 Å². The molecule has 1 saturated carbocycles. The van der Waals surface area contributed by atoms with Gasteiger partial charge in [0, 0.05) is 0 Å². The number of carbonyl (C=O) groups is 2. The van der Waals surface area contributed by atoms with Crippen LogP contribution in [0.4, 0.5) is 9.59 Å². The van der Waals surface area contributed by atoms with E-state index in [1.807, 2.05) is 0 Å². The molecule has 1 fully saturated rings. The zero-order valence-corrected chi connectivity index (χ0v) is 7.69. The van der Waals surface area contributed by atoms with Crippen molar-refractivity contribution in [1.82, 2.24) is 0 Å². The van der Waals surface area contributed by atoms with E-state index in [1.165, 1.54) is 38.5 Å². The molecule has 1 rings (SSSR count). The van der Waals surface area contributed by atoms with Crippen molar-refractivity contribution in [3.05, 3.63) is 0 Å². The molecule has 0 bridgehead atoms. The minimum Gasteiger partial charge on any atom is -0.652 e. The fourth-order valence-corrected chi connectivity index (χ4v) is 1.06. The van der Waals surface area contributed by atoms with Gasteiger partial charge in [-0.15, -0.1) is 0 Å². The molecule has 0 radical (unpaired) electrons. The SMILES string of the molecule is C1CCCCC1.O=C([O-])[O-].O=C([O-])[O-]. The van der Waals surface area contributed by atoms with E-state index in [2.05, 4.69) is 0 Å². The Morgan fingerprint density at radius 3 is 0.714 bits per heavy atom. The third kappa shape index (κ3) is 46.5. The van der Waals surface area contributed by atoms with Gasteiger partial charge in [-0.2, -0.15) is 0 Å². The van der Waals surface area contributed by atoms with Gasteiger partial charge in [0.2, 0.25) is 0 Å². The van der Waals surface area contributed by atoms with Crippen molar-refractivity contribution in [1.29, 1.82) is 0 Å². The van der Waals surface area contributed by atoms with Crippen LogP contribution < -0.4 is 20.4 Å². The van der Waals surface area contributed by atoms with Crippen LogP contribution in [-0.2, 0) is 0 Å². The maximum atomic E-state index is 8.33. The van der Waals surface area contributed by atoms with E-state index in [4.69, 9.17) is 30.0 Å². The summed E-state index contributed by atoms with van der Waals surface area (Å²) >= 11 is 0. The van der Waals surface area contributed by atoms with Gasteiger partial charge < -0.3 is 30.0 Å². The zero-order chi connectivity index (χ0) is 11.4. The second-order valence-corrected chi connectivity index (χ2v) is 2.62. The minimum atomic E-state index is -2.33. The number of hydrogen-bond donors (Lipinski definition) is 0. The highest BCUT2D eigenvalue weighted by atomic mass is 16.6. The first-order chi connectivity index (χ1) is 6.46. The molecule has 0 saturated heterocycles. The highest BCUT2D eigenvalue weighted by molar-refractivity contribution is 5.47. The summed E-state index contributed by atoms with van der Waals surface area (Å²) in [7, 11) is 0. The third-order valence-corrected chi connectivity index (χ3v) is 1.50. The van der Waals surface area contributed by atoms with E-state index in [9.17, 15) is 0 Å². The maximum Gasteiger partial charge on any atom is -0.0431 e. The predicted molar refractivity (Wildman–Crippen MR) is 38.5 cm³/mol. The Kier molecular flexibility index (Phi) is 12.4. The van der Waals surface area contributed by atoms with Crippen LogP contribution in [0.1, 0.15) is 38.5 Å². The van der Waals surface area contributed by atoms with Crippen LogP contribution in [-0.4, -0.2) is 12.3 Å². The van der Waals surface area contributed by atoms with E-state index in [0.29, 0.717) is 0 Å². The van der Waals surface area contributed by atoms with Crippen LogP contribution in [0.25, 0.3) is 0 Å². The summed E-state index contributed by atoms with van der Waals surface area (Å²) < 4.78 is 0. The van der Waals surface area contributed by atoms with E-state index in [0.717, 1.165) is 0 Å². The molecule has 0 aromatic heterocycles. The van der Waals surface area contributed by atoms with Crippen molar-refractivity contribution in [2.75, 3.05) is 0 Å². The Hall–Kier alpha value is -1.46. The van der Waals surface area contributed by atoms with Crippen molar-refractivity contribution >= 4 is 12.3 Å². The van der Waals surface area contributed by atoms with Crippen LogP contribution in [0, 0.1) is 0 Å². The van der Waals surface area contributed by atoms with Gasteiger partial charge in [0.15, 0.2) is 0 Å². The number of carboxylic acid groups (broad SMARTS) is 4. The first-order valence-electron chi connectivity index (χ1n) is 4.22. The number of carbonyl (C=O) groups excluding carboxylic acids is 2. The van der Waals surface area contributed by atoms with Gasteiger partial charge in [-0.05, 0) is 12.3 Å². The Labute approximate surface area is 81.8 Å². The standard InChI is InChI=1S/C6H12.2CH2O3/c1-2-4-6-5-3-1;2*2-1(3)4/h1-6H2;2*(H2,2,3,4)/p-4. The van der Waals surface area contributed by atoms with Gasteiger partial charge in [-0.3, -0.25) is 0 Å². The fraction of sp³-hybridized carbons (Fsp3) is 0.750. The molecule has 0 N–H and O–H groups in total. The molecule has 0 heterocycles. The Morgan fingerprint density at radius 1 is 0.571 bits per heavy atom. The van der Waals surface area contributed by atoms with E-state index >= 15 is 0 Å². The van der Waals surface area contributed by atoms with Crippen LogP contribution in [0.5, 0.6) is 0 Å². The molecule has 0 amide bonds. The van der Waals surface area contributed by atoms with Gasteiger partial charge in [-0.1, -0.05) is 38.5 Å². The Balaban J connectivity index is 0. The average Bonchev–Trinajstić information content (AvgIpc) is 2.05. The van der Waals surface area contributed by atoms with Crippen LogP contribution in [0.3, 0.4) is 0 Å². The molecule has 84 valence electrons. The summed E-state index contributed by atoms with van der Waals surface area (Å²) in [6, 6.07) is 0. The van der Waals surface area contributed by atoms with E-state index in [-0.39, 0.29) is 0 Å². The van der Waals surface area contributed by atoms with Gasteiger partial charge in [0.05, 0.1) is 0 Å². The second-order valence-electron chi connectivity index (χ2n) is 2.62. The average molecular weight is 204 g/mol. The highest BCUT2D eigenvalue weighted by Gasteiger charge is 1.95. The molecule has 1 aliphatic rings. The molecular weight excluding hydrogens is 192 g/mol.